The highest BCUT2D eigenvalue weighted by atomic mass is 35.5. The van der Waals surface area contributed by atoms with Crippen molar-refractivity contribution in [1.29, 1.82) is 0 Å². The van der Waals surface area contributed by atoms with Crippen LogP contribution in [0.4, 0.5) is 5.69 Å². The van der Waals surface area contributed by atoms with Gasteiger partial charge in [-0.3, -0.25) is 9.78 Å². The number of nitrogens with two attached hydrogens (primary N) is 1. The first-order valence-electron chi connectivity index (χ1n) is 5.81. The number of nitrogens with zero attached hydrogens (tertiary/aromatic N) is 1. The van der Waals surface area contributed by atoms with Crippen LogP contribution in [0.3, 0.4) is 0 Å². The lowest BCUT2D eigenvalue weighted by Crippen LogP contribution is -2.16. The van der Waals surface area contributed by atoms with Crippen LogP contribution in [-0.4, -0.2) is 15.9 Å². The van der Waals surface area contributed by atoms with Gasteiger partial charge in [0.25, 0.3) is 5.91 Å². The van der Waals surface area contributed by atoms with Gasteiger partial charge < -0.3 is 11.1 Å². The van der Waals surface area contributed by atoms with Crippen LogP contribution in [0.15, 0.2) is 36.5 Å². The quantitative estimate of drug-likeness (QED) is 0.856. The molecule has 0 aliphatic heterocycles. The zero-order valence-electron chi connectivity index (χ0n) is 10.7. The summed E-state index contributed by atoms with van der Waals surface area (Å²) in [7, 11) is 0. The largest absolute Gasteiger partial charge is 0.389 e. The number of carbonyl (C=O) groups excluding carboxylic acids is 1. The Hall–Kier alpha value is -1.98. The fourth-order valence-electron chi connectivity index (χ4n) is 1.68. The molecule has 2 aromatic rings. The lowest BCUT2D eigenvalue weighted by atomic mass is 10.1. The van der Waals surface area contributed by atoms with Gasteiger partial charge in [-0.15, -0.1) is 0 Å². The van der Waals surface area contributed by atoms with Gasteiger partial charge in [0.2, 0.25) is 0 Å². The van der Waals surface area contributed by atoms with Gasteiger partial charge in [-0.2, -0.15) is 0 Å². The molecule has 0 saturated heterocycles. The van der Waals surface area contributed by atoms with Crippen LogP contribution >= 0.6 is 23.8 Å². The van der Waals surface area contributed by atoms with Crippen LogP contribution in [0, 0.1) is 6.92 Å². The second-order valence-electron chi connectivity index (χ2n) is 4.18. The number of pyridine rings is 1. The number of anilines is 1. The molecule has 0 unspecified atom stereocenters. The summed E-state index contributed by atoms with van der Waals surface area (Å²) < 4.78 is 0. The molecule has 3 N–H and O–H groups in total. The molecular formula is C14H12ClN3OS. The molecular weight excluding hydrogens is 294 g/mol. The Morgan fingerprint density at radius 1 is 1.40 bits per heavy atom. The highest BCUT2D eigenvalue weighted by Gasteiger charge is 2.12. The van der Waals surface area contributed by atoms with Crippen molar-refractivity contribution >= 4 is 40.4 Å². The summed E-state index contributed by atoms with van der Waals surface area (Å²) in [6, 6.07) is 8.56. The van der Waals surface area contributed by atoms with Crippen molar-refractivity contribution in [2.24, 2.45) is 5.73 Å². The lowest BCUT2D eigenvalue weighted by Gasteiger charge is -2.09. The number of rotatable bonds is 3. The lowest BCUT2D eigenvalue weighted by molar-refractivity contribution is 0.102. The van der Waals surface area contributed by atoms with Crippen LogP contribution in [0.1, 0.15) is 21.6 Å². The van der Waals surface area contributed by atoms with E-state index in [9.17, 15) is 4.79 Å². The smallest absolute Gasteiger partial charge is 0.274 e. The number of hydrogen-bond acceptors (Lipinski definition) is 3. The first-order valence-corrected chi connectivity index (χ1v) is 6.60. The summed E-state index contributed by atoms with van der Waals surface area (Å²) in [5.41, 5.74) is 7.78. The molecule has 2 rings (SSSR count). The summed E-state index contributed by atoms with van der Waals surface area (Å²) in [5.74, 6) is -0.329. The normalized spacial score (nSPS) is 10.1. The van der Waals surface area contributed by atoms with E-state index in [1.54, 1.807) is 30.5 Å². The van der Waals surface area contributed by atoms with Crippen molar-refractivity contribution in [2.75, 3.05) is 5.32 Å². The van der Waals surface area contributed by atoms with E-state index in [2.05, 4.69) is 10.3 Å². The third kappa shape index (κ3) is 3.12. The molecule has 0 saturated carbocycles. The summed E-state index contributed by atoms with van der Waals surface area (Å²) in [4.78, 5) is 16.5. The second kappa shape index (κ2) is 5.98. The molecule has 0 radical (unpaired) electrons. The summed E-state index contributed by atoms with van der Waals surface area (Å²) in [6.45, 7) is 1.81. The van der Waals surface area contributed by atoms with Gasteiger partial charge in [0.1, 0.15) is 10.7 Å². The van der Waals surface area contributed by atoms with Crippen molar-refractivity contribution in [2.45, 2.75) is 6.92 Å². The fraction of sp³-hybridized carbons (Fsp3) is 0.0714. The average Bonchev–Trinajstić information content (AvgIpc) is 2.41. The minimum absolute atomic E-state index is 0.242. The molecule has 0 aliphatic carbocycles. The molecule has 1 amide bonds. The van der Waals surface area contributed by atoms with Crippen LogP contribution in [0.5, 0.6) is 0 Å². The van der Waals surface area contributed by atoms with Gasteiger partial charge >= 0.3 is 0 Å². The third-order valence-electron chi connectivity index (χ3n) is 2.72. The maximum atomic E-state index is 12.2. The molecule has 0 fully saturated rings. The predicted molar refractivity (Wildman–Crippen MR) is 84.3 cm³/mol. The highest BCUT2D eigenvalue weighted by Crippen LogP contribution is 2.23. The number of thiocarbonyl (C=S) groups is 1. The molecule has 1 aromatic heterocycles. The number of aromatic nitrogens is 1. The number of halogens is 1. The van der Waals surface area contributed by atoms with Crippen molar-refractivity contribution in [3.8, 4) is 0 Å². The van der Waals surface area contributed by atoms with E-state index in [-0.39, 0.29) is 10.9 Å². The molecule has 1 heterocycles. The standard InChI is InChI=1S/C14H12ClN3OS/c1-8-3-2-6-17-12(8)14(19)18-11-7-9(13(16)20)4-5-10(11)15/h2-7H,1H3,(H2,16,20)(H,18,19). The second-order valence-corrected chi connectivity index (χ2v) is 5.03. The van der Waals surface area contributed by atoms with E-state index in [1.807, 2.05) is 13.0 Å². The topological polar surface area (TPSA) is 68.0 Å². The van der Waals surface area contributed by atoms with Crippen molar-refractivity contribution in [1.82, 2.24) is 4.98 Å². The number of hydrogen-bond donors (Lipinski definition) is 2. The van der Waals surface area contributed by atoms with E-state index < -0.39 is 0 Å². The van der Waals surface area contributed by atoms with Crippen LogP contribution < -0.4 is 11.1 Å². The van der Waals surface area contributed by atoms with Crippen molar-refractivity contribution in [3.05, 3.63) is 58.4 Å². The SMILES string of the molecule is Cc1cccnc1C(=O)Nc1cc(C(N)=S)ccc1Cl. The van der Waals surface area contributed by atoms with Crippen LogP contribution in [0.25, 0.3) is 0 Å². The maximum absolute atomic E-state index is 12.2. The van der Waals surface area contributed by atoms with Gasteiger partial charge in [-0.1, -0.05) is 36.0 Å². The summed E-state index contributed by atoms with van der Waals surface area (Å²) in [5, 5.41) is 3.12. The average molecular weight is 306 g/mol. The minimum Gasteiger partial charge on any atom is -0.389 e. The third-order valence-corrected chi connectivity index (χ3v) is 3.29. The Balaban J connectivity index is 2.30. The zero-order valence-corrected chi connectivity index (χ0v) is 12.3. The van der Waals surface area contributed by atoms with Gasteiger partial charge in [-0.05, 0) is 30.7 Å². The van der Waals surface area contributed by atoms with E-state index >= 15 is 0 Å². The summed E-state index contributed by atoms with van der Waals surface area (Å²) in [6.07, 6.45) is 1.56. The Morgan fingerprint density at radius 2 is 2.15 bits per heavy atom. The van der Waals surface area contributed by atoms with Crippen LogP contribution in [-0.2, 0) is 0 Å². The summed E-state index contributed by atoms with van der Waals surface area (Å²) >= 11 is 11.0. The molecule has 1 aromatic carbocycles. The van der Waals surface area contributed by atoms with Crippen molar-refractivity contribution < 1.29 is 4.79 Å². The zero-order chi connectivity index (χ0) is 14.7. The van der Waals surface area contributed by atoms with E-state index in [0.717, 1.165) is 5.56 Å². The number of carbonyl (C=O) groups is 1. The number of benzene rings is 1. The van der Waals surface area contributed by atoms with Crippen LogP contribution in [0.2, 0.25) is 5.02 Å². The maximum Gasteiger partial charge on any atom is 0.274 e. The molecule has 6 heteroatoms. The Morgan fingerprint density at radius 3 is 2.80 bits per heavy atom. The molecule has 0 aliphatic rings. The first-order chi connectivity index (χ1) is 9.49. The Bertz CT molecular complexity index is 688. The molecule has 0 spiro atoms. The minimum atomic E-state index is -0.329. The number of aryl methyl sites for hydroxylation is 1. The van der Waals surface area contributed by atoms with Gasteiger partial charge in [0.15, 0.2) is 0 Å². The highest BCUT2D eigenvalue weighted by molar-refractivity contribution is 7.80. The number of amides is 1. The van der Waals surface area contributed by atoms with E-state index in [0.29, 0.717) is 22.0 Å². The predicted octanol–water partition coefficient (Wildman–Crippen LogP) is 2.93. The van der Waals surface area contributed by atoms with E-state index in [1.165, 1.54) is 0 Å². The Kier molecular flexibility index (Phi) is 4.32. The number of nitrogens with one attached hydrogen (secondary N) is 1. The van der Waals surface area contributed by atoms with Gasteiger partial charge in [0.05, 0.1) is 10.7 Å². The molecule has 0 atom stereocenters. The Labute approximate surface area is 127 Å². The van der Waals surface area contributed by atoms with E-state index in [4.69, 9.17) is 29.6 Å². The molecule has 4 nitrogen and oxygen atoms in total. The van der Waals surface area contributed by atoms with Gasteiger partial charge in [-0.25, -0.2) is 0 Å². The molecule has 20 heavy (non-hydrogen) atoms. The fourth-order valence-corrected chi connectivity index (χ4v) is 1.97. The molecule has 0 bridgehead atoms. The first kappa shape index (κ1) is 14.4. The molecule has 102 valence electrons. The van der Waals surface area contributed by atoms with Gasteiger partial charge in [0, 0.05) is 11.8 Å². The van der Waals surface area contributed by atoms with Crippen molar-refractivity contribution in [3.63, 3.8) is 0 Å². The monoisotopic (exact) mass is 305 g/mol.